The molecule has 2 rings (SSSR count). The summed E-state index contributed by atoms with van der Waals surface area (Å²) in [4.78, 5) is 13.9. The molecule has 1 aliphatic rings. The number of rotatable bonds is 3. The third kappa shape index (κ3) is 3.01. The van der Waals surface area contributed by atoms with Gasteiger partial charge in [0.1, 0.15) is 5.75 Å². The van der Waals surface area contributed by atoms with Crippen molar-refractivity contribution in [3.63, 3.8) is 0 Å². The lowest BCUT2D eigenvalue weighted by Crippen LogP contribution is -2.29. The quantitative estimate of drug-likeness (QED) is 0.886. The average Bonchev–Trinajstić information content (AvgIpc) is 2.74. The molecule has 1 fully saturated rings. The first-order chi connectivity index (χ1) is 8.56. The van der Waals surface area contributed by atoms with Crippen molar-refractivity contribution in [2.75, 3.05) is 13.1 Å². The number of aliphatic hydroxyl groups excluding tert-OH is 1. The highest BCUT2D eigenvalue weighted by Crippen LogP contribution is 2.18. The Morgan fingerprint density at radius 1 is 1.50 bits per heavy atom. The third-order valence-electron chi connectivity index (χ3n) is 2.90. The number of ether oxygens (including phenoxy) is 1. The molecule has 1 aromatic rings. The fourth-order valence-corrected chi connectivity index (χ4v) is 2.08. The van der Waals surface area contributed by atoms with Gasteiger partial charge >= 0.3 is 0 Å². The van der Waals surface area contributed by atoms with Crippen LogP contribution in [0.15, 0.2) is 24.3 Å². The van der Waals surface area contributed by atoms with Crippen LogP contribution in [0.4, 0.5) is 0 Å². The number of hydrogen-bond acceptors (Lipinski definition) is 3. The number of amides is 1. The minimum absolute atomic E-state index is 0.0410. The van der Waals surface area contributed by atoms with Crippen LogP contribution in [0.25, 0.3) is 0 Å². The van der Waals surface area contributed by atoms with Crippen molar-refractivity contribution in [2.45, 2.75) is 32.5 Å². The molecule has 0 spiro atoms. The first-order valence-electron chi connectivity index (χ1n) is 6.30. The SMILES string of the molecule is CC(C)Oc1cccc(C(=O)N2CC[C@@H](O)C2)c1. The van der Waals surface area contributed by atoms with Crippen molar-refractivity contribution < 1.29 is 14.6 Å². The summed E-state index contributed by atoms with van der Waals surface area (Å²) in [6.07, 6.45) is 0.362. The molecule has 1 atom stereocenters. The van der Waals surface area contributed by atoms with Crippen molar-refractivity contribution in [3.05, 3.63) is 29.8 Å². The van der Waals surface area contributed by atoms with Gasteiger partial charge in [-0.1, -0.05) is 6.07 Å². The molecule has 4 nitrogen and oxygen atoms in total. The van der Waals surface area contributed by atoms with E-state index in [1.165, 1.54) is 0 Å². The standard InChI is InChI=1S/C14H19NO3/c1-10(2)18-13-5-3-4-11(8-13)14(17)15-7-6-12(16)9-15/h3-5,8,10,12,16H,6-7,9H2,1-2H3/t12-/m1/s1. The van der Waals surface area contributed by atoms with E-state index in [1.807, 2.05) is 26.0 Å². The van der Waals surface area contributed by atoms with Crippen molar-refractivity contribution >= 4 is 5.91 Å². The highest BCUT2D eigenvalue weighted by atomic mass is 16.5. The second-order valence-corrected chi connectivity index (χ2v) is 4.89. The maximum absolute atomic E-state index is 12.2. The Hall–Kier alpha value is -1.55. The summed E-state index contributed by atoms with van der Waals surface area (Å²) < 4.78 is 5.57. The van der Waals surface area contributed by atoms with E-state index in [1.54, 1.807) is 17.0 Å². The zero-order valence-corrected chi connectivity index (χ0v) is 10.8. The minimum atomic E-state index is -0.385. The Bertz CT molecular complexity index is 431. The normalized spacial score (nSPS) is 19.3. The lowest BCUT2D eigenvalue weighted by molar-refractivity contribution is 0.0764. The van der Waals surface area contributed by atoms with Gasteiger partial charge in [-0.05, 0) is 38.5 Å². The van der Waals surface area contributed by atoms with E-state index in [2.05, 4.69) is 0 Å². The molecule has 0 radical (unpaired) electrons. The van der Waals surface area contributed by atoms with E-state index in [9.17, 15) is 9.90 Å². The summed E-state index contributed by atoms with van der Waals surface area (Å²) in [5.41, 5.74) is 0.613. The Morgan fingerprint density at radius 2 is 2.28 bits per heavy atom. The number of carbonyl (C=O) groups is 1. The van der Waals surface area contributed by atoms with Gasteiger partial charge in [0.15, 0.2) is 0 Å². The Labute approximate surface area is 107 Å². The summed E-state index contributed by atoms with van der Waals surface area (Å²) >= 11 is 0. The lowest BCUT2D eigenvalue weighted by atomic mass is 10.2. The molecule has 0 saturated carbocycles. The molecule has 1 heterocycles. The fourth-order valence-electron chi connectivity index (χ4n) is 2.08. The molecule has 1 saturated heterocycles. The number of benzene rings is 1. The van der Waals surface area contributed by atoms with E-state index < -0.39 is 0 Å². The average molecular weight is 249 g/mol. The molecule has 18 heavy (non-hydrogen) atoms. The number of hydrogen-bond donors (Lipinski definition) is 1. The zero-order valence-electron chi connectivity index (χ0n) is 10.8. The van der Waals surface area contributed by atoms with E-state index in [0.29, 0.717) is 30.8 Å². The Kier molecular flexibility index (Phi) is 3.87. The summed E-state index contributed by atoms with van der Waals surface area (Å²) in [6.45, 7) is 4.94. The minimum Gasteiger partial charge on any atom is -0.491 e. The van der Waals surface area contributed by atoms with E-state index in [-0.39, 0.29) is 18.1 Å². The highest BCUT2D eigenvalue weighted by molar-refractivity contribution is 5.94. The maximum atomic E-state index is 12.2. The molecule has 0 bridgehead atoms. The first kappa shape index (κ1) is 12.9. The molecule has 0 unspecified atom stereocenters. The summed E-state index contributed by atoms with van der Waals surface area (Å²) in [7, 11) is 0. The molecule has 1 N–H and O–H groups in total. The van der Waals surface area contributed by atoms with Crippen molar-refractivity contribution in [2.24, 2.45) is 0 Å². The summed E-state index contributed by atoms with van der Waals surface area (Å²) in [5.74, 6) is 0.663. The second kappa shape index (κ2) is 5.40. The van der Waals surface area contributed by atoms with Gasteiger partial charge in [-0.25, -0.2) is 0 Å². The van der Waals surface area contributed by atoms with Crippen LogP contribution in [0.1, 0.15) is 30.6 Å². The number of likely N-dealkylation sites (tertiary alicyclic amines) is 1. The van der Waals surface area contributed by atoms with E-state index in [4.69, 9.17) is 4.74 Å². The second-order valence-electron chi connectivity index (χ2n) is 4.89. The van der Waals surface area contributed by atoms with Crippen LogP contribution in [0.2, 0.25) is 0 Å². The van der Waals surface area contributed by atoms with Gasteiger partial charge in [0.2, 0.25) is 0 Å². The lowest BCUT2D eigenvalue weighted by Gasteiger charge is -2.16. The predicted octanol–water partition coefficient (Wildman–Crippen LogP) is 1.68. The van der Waals surface area contributed by atoms with Crippen LogP contribution in [0.3, 0.4) is 0 Å². The highest BCUT2D eigenvalue weighted by Gasteiger charge is 2.25. The van der Waals surface area contributed by atoms with Crippen LogP contribution >= 0.6 is 0 Å². The zero-order chi connectivity index (χ0) is 13.1. The molecule has 0 aromatic heterocycles. The largest absolute Gasteiger partial charge is 0.491 e. The van der Waals surface area contributed by atoms with Gasteiger partial charge in [0.25, 0.3) is 5.91 Å². The van der Waals surface area contributed by atoms with Gasteiger partial charge in [0.05, 0.1) is 12.2 Å². The topological polar surface area (TPSA) is 49.8 Å². The number of nitrogens with zero attached hydrogens (tertiary/aromatic N) is 1. The molecule has 98 valence electrons. The predicted molar refractivity (Wildman–Crippen MR) is 68.7 cm³/mol. The van der Waals surface area contributed by atoms with Crippen LogP contribution in [-0.2, 0) is 0 Å². The van der Waals surface area contributed by atoms with Gasteiger partial charge in [-0.2, -0.15) is 0 Å². The molecule has 1 aliphatic heterocycles. The van der Waals surface area contributed by atoms with Crippen molar-refractivity contribution in [1.29, 1.82) is 0 Å². The molecule has 1 amide bonds. The first-order valence-corrected chi connectivity index (χ1v) is 6.30. The summed E-state index contributed by atoms with van der Waals surface area (Å²) in [6, 6.07) is 7.19. The number of β-amino-alcohol motifs (C(OH)–C–C–N with tert-alkyl or cyclic N) is 1. The van der Waals surface area contributed by atoms with Gasteiger partial charge in [-0.3, -0.25) is 4.79 Å². The van der Waals surface area contributed by atoms with Gasteiger partial charge in [0, 0.05) is 18.7 Å². The molecular formula is C14H19NO3. The molecule has 4 heteroatoms. The van der Waals surface area contributed by atoms with Crippen LogP contribution in [-0.4, -0.2) is 41.2 Å². The number of carbonyl (C=O) groups excluding carboxylic acids is 1. The maximum Gasteiger partial charge on any atom is 0.254 e. The Balaban J connectivity index is 2.10. The Morgan fingerprint density at radius 3 is 2.89 bits per heavy atom. The summed E-state index contributed by atoms with van der Waals surface area (Å²) in [5, 5.41) is 9.45. The van der Waals surface area contributed by atoms with Crippen molar-refractivity contribution in [1.82, 2.24) is 4.90 Å². The third-order valence-corrected chi connectivity index (χ3v) is 2.90. The monoisotopic (exact) mass is 249 g/mol. The molecule has 0 aliphatic carbocycles. The van der Waals surface area contributed by atoms with E-state index in [0.717, 1.165) is 0 Å². The van der Waals surface area contributed by atoms with E-state index >= 15 is 0 Å². The fraction of sp³-hybridized carbons (Fsp3) is 0.500. The number of aliphatic hydroxyl groups is 1. The van der Waals surface area contributed by atoms with Crippen LogP contribution in [0.5, 0.6) is 5.75 Å². The van der Waals surface area contributed by atoms with Crippen LogP contribution < -0.4 is 4.74 Å². The van der Waals surface area contributed by atoms with Crippen LogP contribution in [0, 0.1) is 0 Å². The van der Waals surface area contributed by atoms with Gasteiger partial charge < -0.3 is 14.7 Å². The molecular weight excluding hydrogens is 230 g/mol. The van der Waals surface area contributed by atoms with Gasteiger partial charge in [-0.15, -0.1) is 0 Å². The smallest absolute Gasteiger partial charge is 0.254 e. The molecule has 1 aromatic carbocycles. The van der Waals surface area contributed by atoms with Crippen molar-refractivity contribution in [3.8, 4) is 5.75 Å².